The fourth-order valence-electron chi connectivity index (χ4n) is 2.48. The Hall–Kier alpha value is -1.57. The van der Waals surface area contributed by atoms with Crippen LogP contribution in [0.1, 0.15) is 25.0 Å². The van der Waals surface area contributed by atoms with Gasteiger partial charge in [0.05, 0.1) is 24.0 Å². The molecule has 1 N–H and O–H groups in total. The number of hydrogen-bond acceptors (Lipinski definition) is 4. The number of nitrogens with zero attached hydrogens (tertiary/aromatic N) is 2. The summed E-state index contributed by atoms with van der Waals surface area (Å²) in [6.45, 7) is 6.53. The van der Waals surface area contributed by atoms with E-state index < -0.39 is 0 Å². The highest BCUT2D eigenvalue weighted by Crippen LogP contribution is 2.26. The minimum atomic E-state index is 0.208. The van der Waals surface area contributed by atoms with Gasteiger partial charge in [-0.2, -0.15) is 5.26 Å². The van der Waals surface area contributed by atoms with Crippen LogP contribution < -0.4 is 10.2 Å². The molecule has 0 radical (unpaired) electrons. The fraction of sp³-hybridized carbons (Fsp3) is 0.533. The van der Waals surface area contributed by atoms with Gasteiger partial charge in [0.1, 0.15) is 6.07 Å². The van der Waals surface area contributed by atoms with Crippen LogP contribution in [0.25, 0.3) is 0 Å². The van der Waals surface area contributed by atoms with Crippen LogP contribution in [0.2, 0.25) is 0 Å². The van der Waals surface area contributed by atoms with Crippen molar-refractivity contribution in [3.05, 3.63) is 29.3 Å². The zero-order chi connectivity index (χ0) is 13.8. The smallest absolute Gasteiger partial charge is 0.101 e. The third kappa shape index (κ3) is 3.06. The first-order valence-corrected chi connectivity index (χ1v) is 6.71. The molecule has 2 rings (SSSR count). The average molecular weight is 259 g/mol. The number of hydrogen-bond donors (Lipinski definition) is 1. The lowest BCUT2D eigenvalue weighted by Gasteiger charge is -2.39. The minimum Gasteiger partial charge on any atom is -0.375 e. The molecule has 1 aliphatic heterocycles. The number of morpholine rings is 1. The molecule has 102 valence electrons. The van der Waals surface area contributed by atoms with Crippen LogP contribution in [0.15, 0.2) is 18.2 Å². The zero-order valence-electron chi connectivity index (χ0n) is 11.8. The molecular weight excluding hydrogens is 238 g/mol. The summed E-state index contributed by atoms with van der Waals surface area (Å²) in [5, 5.41) is 12.5. The van der Waals surface area contributed by atoms with Crippen molar-refractivity contribution < 1.29 is 4.74 Å². The van der Waals surface area contributed by atoms with Gasteiger partial charge in [-0.3, -0.25) is 0 Å². The summed E-state index contributed by atoms with van der Waals surface area (Å²) in [6.07, 6.45) is 0.208. The van der Waals surface area contributed by atoms with Crippen molar-refractivity contribution in [3.8, 4) is 6.07 Å². The van der Waals surface area contributed by atoms with Gasteiger partial charge in [-0.25, -0.2) is 0 Å². The molecule has 0 saturated carbocycles. The normalized spacial score (nSPS) is 23.2. The lowest BCUT2D eigenvalue weighted by atomic mass is 10.1. The highest BCUT2D eigenvalue weighted by atomic mass is 16.5. The second-order valence-electron chi connectivity index (χ2n) is 5.14. The molecule has 1 saturated heterocycles. The molecule has 4 heteroatoms. The van der Waals surface area contributed by atoms with E-state index >= 15 is 0 Å². The Morgan fingerprint density at radius 2 is 2.26 bits per heavy atom. The number of ether oxygens (including phenoxy) is 1. The second kappa shape index (κ2) is 6.05. The summed E-state index contributed by atoms with van der Waals surface area (Å²) in [7, 11) is 1.91. The van der Waals surface area contributed by atoms with Gasteiger partial charge in [0, 0.05) is 19.1 Å². The first kappa shape index (κ1) is 13.9. The molecule has 1 aliphatic rings. The summed E-state index contributed by atoms with van der Waals surface area (Å²) in [6, 6.07) is 8.73. The third-order valence-electron chi connectivity index (χ3n) is 3.48. The largest absolute Gasteiger partial charge is 0.375 e. The van der Waals surface area contributed by atoms with E-state index in [1.54, 1.807) is 0 Å². The number of anilines is 1. The maximum atomic E-state index is 9.37. The lowest BCUT2D eigenvalue weighted by Crippen LogP contribution is -2.47. The van der Waals surface area contributed by atoms with Crippen molar-refractivity contribution in [2.24, 2.45) is 0 Å². The quantitative estimate of drug-likeness (QED) is 0.900. The SMILES string of the molecule is CNCc1ccc(N2CC(C)OCC2C)c(C#N)c1. The van der Waals surface area contributed by atoms with Crippen LogP contribution in [0.3, 0.4) is 0 Å². The van der Waals surface area contributed by atoms with Crippen molar-refractivity contribution in [3.63, 3.8) is 0 Å². The van der Waals surface area contributed by atoms with Crippen molar-refractivity contribution in [1.29, 1.82) is 5.26 Å². The van der Waals surface area contributed by atoms with E-state index in [0.717, 1.165) is 29.9 Å². The van der Waals surface area contributed by atoms with E-state index in [0.29, 0.717) is 12.6 Å². The molecule has 0 amide bonds. The Morgan fingerprint density at radius 1 is 1.47 bits per heavy atom. The van der Waals surface area contributed by atoms with Gasteiger partial charge in [-0.1, -0.05) is 6.07 Å². The van der Waals surface area contributed by atoms with E-state index in [-0.39, 0.29) is 6.10 Å². The Morgan fingerprint density at radius 3 is 2.95 bits per heavy atom. The Kier molecular flexibility index (Phi) is 4.41. The molecule has 0 bridgehead atoms. The van der Waals surface area contributed by atoms with Gasteiger partial charge in [0.15, 0.2) is 0 Å². The molecule has 1 heterocycles. The third-order valence-corrected chi connectivity index (χ3v) is 3.48. The molecule has 1 fully saturated rings. The van der Waals surface area contributed by atoms with Gasteiger partial charge >= 0.3 is 0 Å². The monoisotopic (exact) mass is 259 g/mol. The van der Waals surface area contributed by atoms with Crippen molar-refractivity contribution in [2.75, 3.05) is 25.1 Å². The predicted octanol–water partition coefficient (Wildman–Crippen LogP) is 1.89. The predicted molar refractivity (Wildman–Crippen MR) is 76.1 cm³/mol. The lowest BCUT2D eigenvalue weighted by molar-refractivity contribution is 0.0343. The van der Waals surface area contributed by atoms with Gasteiger partial charge in [0.2, 0.25) is 0 Å². The van der Waals surface area contributed by atoms with E-state index in [1.807, 2.05) is 13.1 Å². The maximum Gasteiger partial charge on any atom is 0.101 e. The van der Waals surface area contributed by atoms with E-state index in [2.05, 4.69) is 42.3 Å². The number of nitrogens with one attached hydrogen (secondary N) is 1. The van der Waals surface area contributed by atoms with Gasteiger partial charge in [-0.05, 0) is 38.6 Å². The summed E-state index contributed by atoms with van der Waals surface area (Å²) in [4.78, 5) is 2.27. The Labute approximate surface area is 115 Å². The molecule has 2 unspecified atom stereocenters. The highest BCUT2D eigenvalue weighted by molar-refractivity contribution is 5.61. The second-order valence-corrected chi connectivity index (χ2v) is 5.14. The summed E-state index contributed by atoms with van der Waals surface area (Å²) >= 11 is 0. The maximum absolute atomic E-state index is 9.37. The van der Waals surface area contributed by atoms with Gasteiger partial charge < -0.3 is 15.0 Å². The van der Waals surface area contributed by atoms with Crippen LogP contribution in [-0.4, -0.2) is 32.3 Å². The molecular formula is C15H21N3O. The number of rotatable bonds is 3. The number of nitriles is 1. The van der Waals surface area contributed by atoms with E-state index in [4.69, 9.17) is 4.74 Å². The van der Waals surface area contributed by atoms with Crippen molar-refractivity contribution >= 4 is 5.69 Å². The summed E-state index contributed by atoms with van der Waals surface area (Å²) in [5.74, 6) is 0. The first-order chi connectivity index (χ1) is 9.15. The van der Waals surface area contributed by atoms with Crippen LogP contribution in [0.4, 0.5) is 5.69 Å². The molecule has 1 aromatic carbocycles. The molecule has 4 nitrogen and oxygen atoms in total. The molecule has 0 aliphatic carbocycles. The highest BCUT2D eigenvalue weighted by Gasteiger charge is 2.25. The molecule has 1 aromatic rings. The topological polar surface area (TPSA) is 48.3 Å². The Balaban J connectivity index is 2.30. The van der Waals surface area contributed by atoms with Crippen molar-refractivity contribution in [2.45, 2.75) is 32.5 Å². The Bertz CT molecular complexity index is 481. The average Bonchev–Trinajstić information content (AvgIpc) is 2.42. The molecule has 19 heavy (non-hydrogen) atoms. The summed E-state index contributed by atoms with van der Waals surface area (Å²) < 4.78 is 5.64. The van der Waals surface area contributed by atoms with Gasteiger partial charge in [0.25, 0.3) is 0 Å². The van der Waals surface area contributed by atoms with Crippen LogP contribution >= 0.6 is 0 Å². The molecule has 0 spiro atoms. The van der Waals surface area contributed by atoms with Crippen LogP contribution in [0, 0.1) is 11.3 Å². The summed E-state index contributed by atoms with van der Waals surface area (Å²) in [5.41, 5.74) is 2.90. The first-order valence-electron chi connectivity index (χ1n) is 6.71. The van der Waals surface area contributed by atoms with Crippen molar-refractivity contribution in [1.82, 2.24) is 5.32 Å². The number of benzene rings is 1. The van der Waals surface area contributed by atoms with E-state index in [1.165, 1.54) is 0 Å². The standard InChI is InChI=1S/C15H21N3O/c1-11-10-19-12(2)9-18(11)15-5-4-13(8-17-3)6-14(15)7-16/h4-6,11-12,17H,8-10H2,1-3H3. The van der Waals surface area contributed by atoms with Crippen LogP contribution in [-0.2, 0) is 11.3 Å². The van der Waals surface area contributed by atoms with Gasteiger partial charge in [-0.15, -0.1) is 0 Å². The minimum absolute atomic E-state index is 0.208. The molecule has 0 aromatic heterocycles. The van der Waals surface area contributed by atoms with Crippen LogP contribution in [0.5, 0.6) is 0 Å². The zero-order valence-corrected chi connectivity index (χ0v) is 11.8. The van der Waals surface area contributed by atoms with E-state index in [9.17, 15) is 5.26 Å². The molecule has 2 atom stereocenters. The fourth-order valence-corrected chi connectivity index (χ4v) is 2.48.